The molecule has 16 heavy (non-hydrogen) atoms. The van der Waals surface area contributed by atoms with Crippen LogP contribution in [0.2, 0.25) is 0 Å². The number of nitrogens with one attached hydrogen (secondary N) is 2. The third kappa shape index (κ3) is 2.05. The van der Waals surface area contributed by atoms with Crippen LogP contribution >= 0.6 is 0 Å². The zero-order chi connectivity index (χ0) is 11.7. The summed E-state index contributed by atoms with van der Waals surface area (Å²) in [5.74, 6) is -0.435. The lowest BCUT2D eigenvalue weighted by Crippen LogP contribution is -2.27. The van der Waals surface area contributed by atoms with Gasteiger partial charge in [-0.15, -0.1) is 0 Å². The maximum Gasteiger partial charge on any atom is 0.354 e. The van der Waals surface area contributed by atoms with Gasteiger partial charge in [-0.25, -0.2) is 9.78 Å². The van der Waals surface area contributed by atoms with Crippen molar-refractivity contribution in [2.24, 2.45) is 11.8 Å². The number of amides is 1. The van der Waals surface area contributed by atoms with E-state index in [2.05, 4.69) is 22.2 Å². The monoisotopic (exact) mass is 223 g/mol. The van der Waals surface area contributed by atoms with Gasteiger partial charge in [0.05, 0.1) is 6.33 Å². The van der Waals surface area contributed by atoms with Gasteiger partial charge >= 0.3 is 5.97 Å². The minimum absolute atomic E-state index is 0.0548. The van der Waals surface area contributed by atoms with E-state index < -0.39 is 11.9 Å². The number of aromatic carboxylic acids is 1. The number of carboxylic acid groups (broad SMARTS) is 1. The minimum Gasteiger partial charge on any atom is -0.477 e. The number of carbonyl (C=O) groups excluding carboxylic acids is 1. The number of rotatable bonds is 4. The van der Waals surface area contributed by atoms with Crippen LogP contribution in [0.1, 0.15) is 34.3 Å². The highest BCUT2D eigenvalue weighted by atomic mass is 16.4. The van der Waals surface area contributed by atoms with Gasteiger partial charge in [0.25, 0.3) is 5.91 Å². The first kappa shape index (κ1) is 10.7. The van der Waals surface area contributed by atoms with Gasteiger partial charge in [0, 0.05) is 6.54 Å². The first-order chi connectivity index (χ1) is 7.59. The normalized spacial score (nSPS) is 22.8. The lowest BCUT2D eigenvalue weighted by Gasteiger charge is -2.02. The van der Waals surface area contributed by atoms with Crippen LogP contribution < -0.4 is 5.32 Å². The van der Waals surface area contributed by atoms with Crippen LogP contribution in [-0.4, -0.2) is 33.5 Å². The molecular weight excluding hydrogens is 210 g/mol. The molecule has 0 saturated heterocycles. The predicted octanol–water partition coefficient (Wildman–Crippen LogP) is 0.494. The van der Waals surface area contributed by atoms with Crippen LogP contribution in [0.25, 0.3) is 0 Å². The molecule has 0 spiro atoms. The smallest absolute Gasteiger partial charge is 0.354 e. The largest absolute Gasteiger partial charge is 0.477 e. The SMILES string of the molecule is CC1CC1CNC(=O)c1nc[nH]c1C(=O)O. The topological polar surface area (TPSA) is 95.1 Å². The van der Waals surface area contributed by atoms with E-state index >= 15 is 0 Å². The summed E-state index contributed by atoms with van der Waals surface area (Å²) in [5, 5.41) is 11.5. The third-order valence-electron chi connectivity index (χ3n) is 2.87. The fourth-order valence-corrected chi connectivity index (χ4v) is 1.62. The summed E-state index contributed by atoms with van der Waals surface area (Å²) in [6.07, 6.45) is 2.32. The summed E-state index contributed by atoms with van der Waals surface area (Å²) in [5.41, 5.74) is -0.220. The van der Waals surface area contributed by atoms with Gasteiger partial charge in [-0.3, -0.25) is 4.79 Å². The van der Waals surface area contributed by atoms with Crippen LogP contribution in [0.15, 0.2) is 6.33 Å². The number of aromatic nitrogens is 2. The molecule has 1 aliphatic carbocycles. The Balaban J connectivity index is 1.97. The van der Waals surface area contributed by atoms with Crippen LogP contribution in [0.3, 0.4) is 0 Å². The van der Waals surface area contributed by atoms with Crippen molar-refractivity contribution < 1.29 is 14.7 Å². The van der Waals surface area contributed by atoms with Crippen LogP contribution in [0, 0.1) is 11.8 Å². The summed E-state index contributed by atoms with van der Waals surface area (Å²) in [7, 11) is 0. The summed E-state index contributed by atoms with van der Waals surface area (Å²) in [6.45, 7) is 2.71. The second kappa shape index (κ2) is 3.96. The van der Waals surface area contributed by atoms with Crippen molar-refractivity contribution in [1.82, 2.24) is 15.3 Å². The molecule has 0 aliphatic heterocycles. The Morgan fingerprint density at radius 2 is 2.38 bits per heavy atom. The molecule has 1 saturated carbocycles. The number of hydrogen-bond donors (Lipinski definition) is 3. The van der Waals surface area contributed by atoms with Crippen molar-refractivity contribution in [2.45, 2.75) is 13.3 Å². The third-order valence-corrected chi connectivity index (χ3v) is 2.87. The minimum atomic E-state index is -1.18. The van der Waals surface area contributed by atoms with Crippen LogP contribution in [-0.2, 0) is 0 Å². The van der Waals surface area contributed by atoms with Gasteiger partial charge < -0.3 is 15.4 Å². The molecule has 6 nitrogen and oxygen atoms in total. The van der Waals surface area contributed by atoms with E-state index in [0.717, 1.165) is 6.42 Å². The number of carboxylic acids is 1. The molecule has 2 rings (SSSR count). The molecule has 2 atom stereocenters. The Morgan fingerprint density at radius 1 is 1.69 bits per heavy atom. The molecule has 1 aliphatic rings. The number of H-pyrrole nitrogens is 1. The second-order valence-electron chi connectivity index (χ2n) is 4.11. The maximum atomic E-state index is 11.6. The Morgan fingerprint density at radius 3 is 2.94 bits per heavy atom. The maximum absolute atomic E-state index is 11.6. The van der Waals surface area contributed by atoms with Gasteiger partial charge in [-0.1, -0.05) is 6.92 Å². The first-order valence-electron chi connectivity index (χ1n) is 5.14. The molecule has 1 heterocycles. The lowest BCUT2D eigenvalue weighted by molar-refractivity contribution is 0.0685. The van der Waals surface area contributed by atoms with E-state index in [1.54, 1.807) is 0 Å². The molecule has 6 heteroatoms. The number of carbonyl (C=O) groups is 2. The number of aromatic amines is 1. The fraction of sp³-hybridized carbons (Fsp3) is 0.500. The average Bonchev–Trinajstić information content (AvgIpc) is 2.78. The summed E-state index contributed by atoms with van der Waals surface area (Å²) < 4.78 is 0. The summed E-state index contributed by atoms with van der Waals surface area (Å²) >= 11 is 0. The molecule has 86 valence electrons. The van der Waals surface area contributed by atoms with Crippen molar-refractivity contribution in [3.05, 3.63) is 17.7 Å². The highest BCUT2D eigenvalue weighted by Crippen LogP contribution is 2.36. The second-order valence-corrected chi connectivity index (χ2v) is 4.11. The molecule has 0 bridgehead atoms. The van der Waals surface area contributed by atoms with Crippen LogP contribution in [0.5, 0.6) is 0 Å². The first-order valence-corrected chi connectivity index (χ1v) is 5.14. The molecular formula is C10H13N3O3. The van der Waals surface area contributed by atoms with E-state index in [9.17, 15) is 9.59 Å². The van der Waals surface area contributed by atoms with Gasteiger partial charge in [-0.2, -0.15) is 0 Å². The number of imidazole rings is 1. The molecule has 1 fully saturated rings. The highest BCUT2D eigenvalue weighted by Gasteiger charge is 2.33. The summed E-state index contributed by atoms with van der Waals surface area (Å²) in [6, 6.07) is 0. The molecule has 1 amide bonds. The number of nitrogens with zero attached hydrogens (tertiary/aromatic N) is 1. The Bertz CT molecular complexity index is 427. The molecule has 3 N–H and O–H groups in total. The molecule has 1 aromatic heterocycles. The predicted molar refractivity (Wildman–Crippen MR) is 55.2 cm³/mol. The average molecular weight is 223 g/mol. The molecule has 0 radical (unpaired) electrons. The van der Waals surface area contributed by atoms with E-state index in [4.69, 9.17) is 5.11 Å². The zero-order valence-electron chi connectivity index (χ0n) is 8.86. The number of hydrogen-bond acceptors (Lipinski definition) is 3. The Kier molecular flexibility index (Phi) is 2.64. The molecule has 2 unspecified atom stereocenters. The van der Waals surface area contributed by atoms with Crippen molar-refractivity contribution in [1.29, 1.82) is 0 Å². The van der Waals surface area contributed by atoms with Gasteiger partial charge in [0.2, 0.25) is 0 Å². The van der Waals surface area contributed by atoms with Crippen molar-refractivity contribution in [3.63, 3.8) is 0 Å². The van der Waals surface area contributed by atoms with Gasteiger partial charge in [0.15, 0.2) is 11.4 Å². The standard InChI is InChI=1S/C10H13N3O3/c1-5-2-6(5)3-11-9(14)7-8(10(15)16)13-4-12-7/h4-6H,2-3H2,1H3,(H,11,14)(H,12,13)(H,15,16). The van der Waals surface area contributed by atoms with Crippen molar-refractivity contribution in [3.8, 4) is 0 Å². The van der Waals surface area contributed by atoms with Crippen LogP contribution in [0.4, 0.5) is 0 Å². The van der Waals surface area contributed by atoms with Crippen molar-refractivity contribution in [2.75, 3.05) is 6.54 Å². The Labute approximate surface area is 92.1 Å². The van der Waals surface area contributed by atoms with Gasteiger partial charge in [0.1, 0.15) is 0 Å². The van der Waals surface area contributed by atoms with Crippen molar-refractivity contribution >= 4 is 11.9 Å². The lowest BCUT2D eigenvalue weighted by atomic mass is 10.3. The highest BCUT2D eigenvalue weighted by molar-refractivity contribution is 6.02. The zero-order valence-corrected chi connectivity index (χ0v) is 8.86. The Hall–Kier alpha value is -1.85. The van der Waals surface area contributed by atoms with E-state index in [0.29, 0.717) is 18.4 Å². The van der Waals surface area contributed by atoms with Gasteiger partial charge in [-0.05, 0) is 18.3 Å². The molecule has 1 aromatic rings. The van der Waals surface area contributed by atoms with E-state index in [1.165, 1.54) is 6.33 Å². The summed E-state index contributed by atoms with van der Waals surface area (Å²) in [4.78, 5) is 28.5. The van der Waals surface area contributed by atoms with E-state index in [1.807, 2.05) is 0 Å². The quantitative estimate of drug-likeness (QED) is 0.692. The molecule has 0 aromatic carbocycles. The van der Waals surface area contributed by atoms with E-state index in [-0.39, 0.29) is 11.4 Å². The fourth-order valence-electron chi connectivity index (χ4n) is 1.62.